The molecule has 1 atom stereocenters. The van der Waals surface area contributed by atoms with Gasteiger partial charge in [0.25, 0.3) is 0 Å². The lowest BCUT2D eigenvalue weighted by molar-refractivity contribution is -0.142. The minimum atomic E-state index is -0.407. The monoisotopic (exact) mass is 280 g/mol. The van der Waals surface area contributed by atoms with Gasteiger partial charge in [-0.15, -0.1) is 0 Å². The van der Waals surface area contributed by atoms with Crippen LogP contribution in [0.3, 0.4) is 0 Å². The van der Waals surface area contributed by atoms with Gasteiger partial charge in [-0.25, -0.2) is 4.79 Å². The van der Waals surface area contributed by atoms with Crippen molar-refractivity contribution in [3.8, 4) is 5.75 Å². The van der Waals surface area contributed by atoms with Crippen molar-refractivity contribution in [3.63, 3.8) is 0 Å². The van der Waals surface area contributed by atoms with Crippen LogP contribution in [-0.4, -0.2) is 25.2 Å². The first-order valence-corrected chi connectivity index (χ1v) is 6.75. The first-order chi connectivity index (χ1) is 9.35. The van der Waals surface area contributed by atoms with Crippen molar-refractivity contribution < 1.29 is 14.3 Å². The van der Waals surface area contributed by atoms with E-state index in [-0.39, 0.29) is 18.0 Å². The zero-order valence-electron chi connectivity index (χ0n) is 12.8. The van der Waals surface area contributed by atoms with E-state index in [1.54, 1.807) is 12.1 Å². The Morgan fingerprint density at radius 1 is 1.25 bits per heavy atom. The molecule has 0 bridgehead atoms. The first kappa shape index (κ1) is 16.1. The van der Waals surface area contributed by atoms with Crippen LogP contribution in [0.15, 0.2) is 18.2 Å². The highest BCUT2D eigenvalue weighted by Gasteiger charge is 2.23. The molecule has 0 aliphatic carbocycles. The highest BCUT2D eigenvalue weighted by molar-refractivity contribution is 5.80. The van der Waals surface area contributed by atoms with Gasteiger partial charge in [-0.2, -0.15) is 0 Å². The van der Waals surface area contributed by atoms with Crippen molar-refractivity contribution in [3.05, 3.63) is 18.2 Å². The van der Waals surface area contributed by atoms with Crippen molar-refractivity contribution in [2.45, 2.75) is 39.8 Å². The fourth-order valence-corrected chi connectivity index (χ4v) is 1.78. The van der Waals surface area contributed by atoms with Gasteiger partial charge in [0.2, 0.25) is 0 Å². The van der Waals surface area contributed by atoms with E-state index in [1.807, 2.05) is 33.8 Å². The molecule has 0 saturated carbocycles. The fourth-order valence-electron chi connectivity index (χ4n) is 1.78. The van der Waals surface area contributed by atoms with Crippen LogP contribution in [0.1, 0.15) is 27.7 Å². The molecule has 0 aliphatic rings. The molecule has 0 spiro atoms. The molecule has 0 saturated heterocycles. The van der Waals surface area contributed by atoms with Gasteiger partial charge in [-0.1, -0.05) is 13.8 Å². The Bertz CT molecular complexity index is 458. The molecular weight excluding hydrogens is 256 g/mol. The Kier molecular flexibility index (Phi) is 5.67. The van der Waals surface area contributed by atoms with Gasteiger partial charge >= 0.3 is 5.97 Å². The van der Waals surface area contributed by atoms with E-state index in [4.69, 9.17) is 15.2 Å². The maximum absolute atomic E-state index is 11.7. The van der Waals surface area contributed by atoms with E-state index in [0.717, 1.165) is 5.69 Å². The Balaban J connectivity index is 2.93. The molecule has 1 aromatic carbocycles. The zero-order valence-corrected chi connectivity index (χ0v) is 12.8. The number of ether oxygens (including phenoxy) is 2. The van der Waals surface area contributed by atoms with Crippen molar-refractivity contribution in [2.24, 2.45) is 5.92 Å². The summed E-state index contributed by atoms with van der Waals surface area (Å²) in [7, 11) is 1.38. The smallest absolute Gasteiger partial charge is 0.328 e. The van der Waals surface area contributed by atoms with E-state index >= 15 is 0 Å². The Labute approximate surface area is 120 Å². The summed E-state index contributed by atoms with van der Waals surface area (Å²) in [4.78, 5) is 11.7. The van der Waals surface area contributed by atoms with Crippen LogP contribution in [0.25, 0.3) is 0 Å². The lowest BCUT2D eigenvalue weighted by Crippen LogP contribution is -2.35. The van der Waals surface area contributed by atoms with Crippen molar-refractivity contribution >= 4 is 17.3 Å². The maximum atomic E-state index is 11.7. The van der Waals surface area contributed by atoms with Crippen molar-refractivity contribution in [1.29, 1.82) is 0 Å². The summed E-state index contributed by atoms with van der Waals surface area (Å²) in [5.74, 6) is 0.426. The van der Waals surface area contributed by atoms with Gasteiger partial charge in [0, 0.05) is 11.8 Å². The molecule has 0 heterocycles. The quantitative estimate of drug-likeness (QED) is 0.619. The number of nitrogen functional groups attached to an aromatic ring is 1. The van der Waals surface area contributed by atoms with Gasteiger partial charge in [0.15, 0.2) is 0 Å². The molecule has 0 aromatic heterocycles. The molecule has 112 valence electrons. The molecule has 20 heavy (non-hydrogen) atoms. The van der Waals surface area contributed by atoms with Crippen LogP contribution in [0.5, 0.6) is 5.75 Å². The summed E-state index contributed by atoms with van der Waals surface area (Å²) in [6.07, 6.45) is 0.0362. The molecule has 0 aliphatic heterocycles. The molecule has 0 radical (unpaired) electrons. The van der Waals surface area contributed by atoms with E-state index in [9.17, 15) is 4.79 Å². The minimum Gasteiger partial charge on any atom is -0.489 e. The van der Waals surface area contributed by atoms with Crippen LogP contribution < -0.4 is 15.8 Å². The maximum Gasteiger partial charge on any atom is 0.328 e. The molecular formula is C15H24N2O3. The number of carbonyl (C=O) groups is 1. The summed E-state index contributed by atoms with van der Waals surface area (Å²) in [5.41, 5.74) is 7.22. The predicted octanol–water partition coefficient (Wildman–Crippen LogP) is 2.67. The summed E-state index contributed by atoms with van der Waals surface area (Å²) >= 11 is 0. The second-order valence-corrected chi connectivity index (χ2v) is 5.31. The third-order valence-corrected chi connectivity index (χ3v) is 2.82. The molecule has 1 rings (SSSR count). The SMILES string of the molecule is COC(=O)C(Nc1ccc(N)c(OC(C)C)c1)C(C)C. The largest absolute Gasteiger partial charge is 0.489 e. The van der Waals surface area contributed by atoms with Crippen molar-refractivity contribution in [2.75, 3.05) is 18.2 Å². The number of carbonyl (C=O) groups excluding carboxylic acids is 1. The molecule has 1 aromatic rings. The van der Waals surface area contributed by atoms with E-state index in [2.05, 4.69) is 5.32 Å². The van der Waals surface area contributed by atoms with Crippen LogP contribution >= 0.6 is 0 Å². The number of benzene rings is 1. The molecule has 1 unspecified atom stereocenters. The van der Waals surface area contributed by atoms with E-state index in [0.29, 0.717) is 11.4 Å². The van der Waals surface area contributed by atoms with Crippen molar-refractivity contribution in [1.82, 2.24) is 0 Å². The standard InChI is InChI=1S/C15H24N2O3/c1-9(2)14(15(18)19-5)17-11-6-7-12(16)13(8-11)20-10(3)4/h6-10,14,17H,16H2,1-5H3. The third kappa shape index (κ3) is 4.33. The highest BCUT2D eigenvalue weighted by Crippen LogP contribution is 2.27. The molecule has 0 fully saturated rings. The minimum absolute atomic E-state index is 0.0362. The number of anilines is 2. The number of rotatable bonds is 6. The number of esters is 1. The van der Waals surface area contributed by atoms with Crippen LogP contribution in [-0.2, 0) is 9.53 Å². The normalized spacial score (nSPS) is 12.3. The third-order valence-electron chi connectivity index (χ3n) is 2.82. The second kappa shape index (κ2) is 7.03. The zero-order chi connectivity index (χ0) is 15.3. The average molecular weight is 280 g/mol. The van der Waals surface area contributed by atoms with E-state index in [1.165, 1.54) is 7.11 Å². The number of hydrogen-bond donors (Lipinski definition) is 2. The Hall–Kier alpha value is -1.91. The van der Waals surface area contributed by atoms with Gasteiger partial charge in [0.05, 0.1) is 18.9 Å². The van der Waals surface area contributed by atoms with Gasteiger partial charge in [-0.3, -0.25) is 0 Å². The van der Waals surface area contributed by atoms with Gasteiger partial charge in [0.1, 0.15) is 11.8 Å². The first-order valence-electron chi connectivity index (χ1n) is 6.75. The van der Waals surface area contributed by atoms with E-state index < -0.39 is 6.04 Å². The van der Waals surface area contributed by atoms with Crippen LogP contribution in [0, 0.1) is 5.92 Å². The number of methoxy groups -OCH3 is 1. The van der Waals surface area contributed by atoms with Gasteiger partial charge in [-0.05, 0) is 31.9 Å². The summed E-state index contributed by atoms with van der Waals surface area (Å²) < 4.78 is 10.4. The molecule has 0 amide bonds. The second-order valence-electron chi connectivity index (χ2n) is 5.31. The lowest BCUT2D eigenvalue weighted by Gasteiger charge is -2.22. The fraction of sp³-hybridized carbons (Fsp3) is 0.533. The van der Waals surface area contributed by atoms with Gasteiger partial charge < -0.3 is 20.5 Å². The Morgan fingerprint density at radius 3 is 2.40 bits per heavy atom. The number of nitrogens with two attached hydrogens (primary N) is 1. The molecule has 3 N–H and O–H groups in total. The summed E-state index contributed by atoms with van der Waals surface area (Å²) in [5, 5.41) is 3.16. The molecule has 5 nitrogen and oxygen atoms in total. The summed E-state index contributed by atoms with van der Waals surface area (Å²) in [6.45, 7) is 7.78. The Morgan fingerprint density at radius 2 is 1.90 bits per heavy atom. The average Bonchev–Trinajstić information content (AvgIpc) is 2.37. The predicted molar refractivity (Wildman–Crippen MR) is 80.9 cm³/mol. The van der Waals surface area contributed by atoms with Crippen LogP contribution in [0.4, 0.5) is 11.4 Å². The summed E-state index contributed by atoms with van der Waals surface area (Å²) in [6, 6.07) is 4.97. The highest BCUT2D eigenvalue weighted by atomic mass is 16.5. The van der Waals surface area contributed by atoms with Crippen LogP contribution in [0.2, 0.25) is 0 Å². The molecule has 5 heteroatoms. The topological polar surface area (TPSA) is 73.6 Å². The number of hydrogen-bond acceptors (Lipinski definition) is 5. The lowest BCUT2D eigenvalue weighted by atomic mass is 10.0. The number of nitrogens with one attached hydrogen (secondary N) is 1.